The van der Waals surface area contributed by atoms with Crippen molar-refractivity contribution in [1.29, 1.82) is 0 Å². The van der Waals surface area contributed by atoms with E-state index in [1.807, 2.05) is 31.2 Å². The maximum absolute atomic E-state index is 11.9. The summed E-state index contributed by atoms with van der Waals surface area (Å²) in [4.78, 5) is 36.3. The van der Waals surface area contributed by atoms with Gasteiger partial charge in [-0.05, 0) is 42.8 Å². The number of carbonyl (C=O) groups is 2. The second-order valence-electron chi connectivity index (χ2n) is 6.73. The van der Waals surface area contributed by atoms with Crippen LogP contribution in [0.25, 0.3) is 32.5 Å². The van der Waals surface area contributed by atoms with Gasteiger partial charge in [0.15, 0.2) is 5.13 Å². The van der Waals surface area contributed by atoms with E-state index in [1.165, 1.54) is 18.3 Å². The molecule has 0 saturated carbocycles. The first-order chi connectivity index (χ1) is 15.0. The number of rotatable bonds is 5. The van der Waals surface area contributed by atoms with Gasteiger partial charge in [-0.2, -0.15) is 0 Å². The Morgan fingerprint density at radius 1 is 1.03 bits per heavy atom. The first-order valence-corrected chi connectivity index (χ1v) is 10.5. The maximum atomic E-state index is 11.9. The van der Waals surface area contributed by atoms with Crippen molar-refractivity contribution < 1.29 is 9.59 Å². The highest BCUT2D eigenvalue weighted by molar-refractivity contribution is 7.22. The van der Waals surface area contributed by atoms with Crippen molar-refractivity contribution >= 4 is 44.4 Å². The SMILES string of the molecule is CCNC(=O)Nc1nc2cc(-c3ccc(NC(C)=O)nc3)cc(-c3cccnc3)c2s1. The number of fused-ring (bicyclic) bond motifs is 1. The minimum Gasteiger partial charge on any atom is -0.338 e. The van der Waals surface area contributed by atoms with Gasteiger partial charge in [0, 0.05) is 48.7 Å². The summed E-state index contributed by atoms with van der Waals surface area (Å²) in [6.45, 7) is 3.83. The molecule has 0 radical (unpaired) electrons. The fraction of sp³-hybridized carbons (Fsp3) is 0.136. The van der Waals surface area contributed by atoms with Crippen molar-refractivity contribution in [2.75, 3.05) is 17.2 Å². The molecule has 156 valence electrons. The van der Waals surface area contributed by atoms with Crippen molar-refractivity contribution in [3.8, 4) is 22.3 Å². The van der Waals surface area contributed by atoms with Crippen molar-refractivity contribution in [3.05, 3.63) is 55.0 Å². The quantitative estimate of drug-likeness (QED) is 0.430. The molecule has 0 aliphatic rings. The number of carbonyl (C=O) groups excluding carboxylic acids is 2. The van der Waals surface area contributed by atoms with E-state index in [0.29, 0.717) is 17.5 Å². The minimum atomic E-state index is -0.289. The standard InChI is InChI=1S/C22H20N6O2S/c1-3-24-21(30)28-22-27-18-10-16(14-6-7-19(25-12-14)26-13(2)29)9-17(20(18)31-22)15-5-4-8-23-11-15/h4-12H,3H2,1-2H3,(H,25,26,29)(H2,24,27,28,30). The fourth-order valence-electron chi connectivity index (χ4n) is 3.11. The van der Waals surface area contributed by atoms with E-state index in [2.05, 4.69) is 37.0 Å². The van der Waals surface area contributed by atoms with Gasteiger partial charge in [0.25, 0.3) is 0 Å². The van der Waals surface area contributed by atoms with E-state index in [1.54, 1.807) is 24.7 Å². The predicted molar refractivity (Wildman–Crippen MR) is 123 cm³/mol. The largest absolute Gasteiger partial charge is 0.338 e. The molecule has 3 amide bonds. The van der Waals surface area contributed by atoms with Gasteiger partial charge in [0.05, 0.1) is 10.2 Å². The predicted octanol–water partition coefficient (Wildman–Crippen LogP) is 4.52. The van der Waals surface area contributed by atoms with Crippen LogP contribution in [0, 0.1) is 0 Å². The van der Waals surface area contributed by atoms with E-state index in [-0.39, 0.29) is 11.9 Å². The average molecular weight is 433 g/mol. The van der Waals surface area contributed by atoms with Crippen LogP contribution in [-0.4, -0.2) is 33.4 Å². The van der Waals surface area contributed by atoms with Crippen LogP contribution in [0.2, 0.25) is 0 Å². The molecule has 31 heavy (non-hydrogen) atoms. The number of urea groups is 1. The third-order valence-corrected chi connectivity index (χ3v) is 5.44. The van der Waals surface area contributed by atoms with E-state index in [0.717, 1.165) is 32.5 Å². The number of pyridine rings is 2. The lowest BCUT2D eigenvalue weighted by Crippen LogP contribution is -2.28. The third kappa shape index (κ3) is 4.67. The zero-order chi connectivity index (χ0) is 21.8. The van der Waals surface area contributed by atoms with Gasteiger partial charge >= 0.3 is 6.03 Å². The number of nitrogens with zero attached hydrogens (tertiary/aromatic N) is 3. The van der Waals surface area contributed by atoms with E-state index < -0.39 is 0 Å². The first kappa shape index (κ1) is 20.4. The monoisotopic (exact) mass is 432 g/mol. The fourth-order valence-corrected chi connectivity index (χ4v) is 4.09. The highest BCUT2D eigenvalue weighted by Gasteiger charge is 2.15. The lowest BCUT2D eigenvalue weighted by molar-refractivity contribution is -0.114. The number of hydrogen-bond donors (Lipinski definition) is 3. The van der Waals surface area contributed by atoms with Crippen LogP contribution in [0.4, 0.5) is 15.7 Å². The minimum absolute atomic E-state index is 0.171. The summed E-state index contributed by atoms with van der Waals surface area (Å²) < 4.78 is 0.950. The summed E-state index contributed by atoms with van der Waals surface area (Å²) in [6.07, 6.45) is 5.23. The van der Waals surface area contributed by atoms with Gasteiger partial charge in [-0.25, -0.2) is 14.8 Å². The Balaban J connectivity index is 1.79. The zero-order valence-electron chi connectivity index (χ0n) is 17.0. The summed E-state index contributed by atoms with van der Waals surface area (Å²) in [6, 6.07) is 11.3. The van der Waals surface area contributed by atoms with E-state index >= 15 is 0 Å². The molecule has 0 aliphatic carbocycles. The number of thiazole rings is 1. The molecule has 0 atom stereocenters. The number of amides is 3. The molecular formula is C22H20N6O2S. The Kier molecular flexibility index (Phi) is 5.85. The van der Waals surface area contributed by atoms with Crippen molar-refractivity contribution in [1.82, 2.24) is 20.3 Å². The Labute approximate surface area is 182 Å². The molecule has 0 fully saturated rings. The van der Waals surface area contributed by atoms with Crippen LogP contribution in [0.3, 0.4) is 0 Å². The molecule has 4 aromatic rings. The van der Waals surface area contributed by atoms with Crippen LogP contribution in [0.15, 0.2) is 55.0 Å². The summed E-state index contributed by atoms with van der Waals surface area (Å²) in [7, 11) is 0. The first-order valence-electron chi connectivity index (χ1n) is 9.67. The molecule has 3 N–H and O–H groups in total. The topological polar surface area (TPSA) is 109 Å². The molecule has 0 spiro atoms. The second kappa shape index (κ2) is 8.88. The number of nitrogens with one attached hydrogen (secondary N) is 3. The molecule has 3 aromatic heterocycles. The number of hydrogen-bond acceptors (Lipinski definition) is 6. The summed E-state index contributed by atoms with van der Waals surface area (Å²) in [5.41, 5.74) is 4.48. The normalized spacial score (nSPS) is 10.6. The highest BCUT2D eigenvalue weighted by atomic mass is 32.1. The van der Waals surface area contributed by atoms with Crippen molar-refractivity contribution in [2.45, 2.75) is 13.8 Å². The number of anilines is 2. The molecular weight excluding hydrogens is 412 g/mol. The van der Waals surface area contributed by atoms with Crippen molar-refractivity contribution in [2.24, 2.45) is 0 Å². The van der Waals surface area contributed by atoms with Crippen LogP contribution < -0.4 is 16.0 Å². The number of aromatic nitrogens is 3. The summed E-state index contributed by atoms with van der Waals surface area (Å²) in [5.74, 6) is 0.321. The summed E-state index contributed by atoms with van der Waals surface area (Å²) >= 11 is 1.41. The molecule has 0 saturated heterocycles. The lowest BCUT2D eigenvalue weighted by Gasteiger charge is -2.08. The van der Waals surface area contributed by atoms with Gasteiger partial charge in [-0.3, -0.25) is 15.1 Å². The van der Waals surface area contributed by atoms with Crippen molar-refractivity contribution in [3.63, 3.8) is 0 Å². The molecule has 0 unspecified atom stereocenters. The Bertz CT molecular complexity index is 1240. The highest BCUT2D eigenvalue weighted by Crippen LogP contribution is 2.38. The molecule has 3 heterocycles. The van der Waals surface area contributed by atoms with Gasteiger partial charge in [0.1, 0.15) is 5.82 Å². The van der Waals surface area contributed by atoms with Gasteiger partial charge in [-0.1, -0.05) is 17.4 Å². The molecule has 1 aromatic carbocycles. The molecule has 9 heteroatoms. The maximum Gasteiger partial charge on any atom is 0.321 e. The van der Waals surface area contributed by atoms with Crippen LogP contribution in [-0.2, 0) is 4.79 Å². The van der Waals surface area contributed by atoms with E-state index in [9.17, 15) is 9.59 Å². The molecule has 0 bridgehead atoms. The van der Waals surface area contributed by atoms with E-state index in [4.69, 9.17) is 0 Å². The Morgan fingerprint density at radius 2 is 1.90 bits per heavy atom. The second-order valence-corrected chi connectivity index (χ2v) is 7.73. The third-order valence-electron chi connectivity index (χ3n) is 4.42. The van der Waals surface area contributed by atoms with Crippen LogP contribution >= 0.6 is 11.3 Å². The Hall–Kier alpha value is -3.85. The lowest BCUT2D eigenvalue weighted by atomic mass is 10.00. The van der Waals surface area contributed by atoms with Crippen LogP contribution in [0.1, 0.15) is 13.8 Å². The zero-order valence-corrected chi connectivity index (χ0v) is 17.8. The van der Waals surface area contributed by atoms with Gasteiger partial charge in [0.2, 0.25) is 5.91 Å². The molecule has 8 nitrogen and oxygen atoms in total. The van der Waals surface area contributed by atoms with Gasteiger partial charge in [-0.15, -0.1) is 0 Å². The average Bonchev–Trinajstić information content (AvgIpc) is 3.16. The summed E-state index contributed by atoms with van der Waals surface area (Å²) in [5, 5.41) is 8.68. The number of benzene rings is 1. The van der Waals surface area contributed by atoms with Crippen LogP contribution in [0.5, 0.6) is 0 Å². The smallest absolute Gasteiger partial charge is 0.321 e. The molecule has 0 aliphatic heterocycles. The Morgan fingerprint density at radius 3 is 2.58 bits per heavy atom. The molecule has 4 rings (SSSR count). The van der Waals surface area contributed by atoms with Gasteiger partial charge < -0.3 is 10.6 Å².